The van der Waals surface area contributed by atoms with Crippen LogP contribution in [0, 0.1) is 5.92 Å². The first-order valence-corrected chi connectivity index (χ1v) is 6.09. The minimum Gasteiger partial charge on any atom is -0.480 e. The average molecular weight is 245 g/mol. The predicted octanol–water partition coefficient (Wildman–Crippen LogP) is 1.42. The first kappa shape index (κ1) is 15.9. The number of ether oxygens (including phenoxy) is 1. The molecule has 100 valence electrons. The summed E-state index contributed by atoms with van der Waals surface area (Å²) >= 11 is 0. The molecule has 0 spiro atoms. The van der Waals surface area contributed by atoms with Gasteiger partial charge < -0.3 is 15.2 Å². The molecule has 0 saturated carbocycles. The lowest BCUT2D eigenvalue weighted by Crippen LogP contribution is -2.45. The summed E-state index contributed by atoms with van der Waals surface area (Å²) in [5, 5.41) is 11.3. The summed E-state index contributed by atoms with van der Waals surface area (Å²) in [6, 6.07) is -0.846. The number of aliphatic carboxylic acids is 1. The van der Waals surface area contributed by atoms with Crippen molar-refractivity contribution in [2.45, 2.75) is 46.1 Å². The Morgan fingerprint density at radius 3 is 2.41 bits per heavy atom. The highest BCUT2D eigenvalue weighted by atomic mass is 16.5. The van der Waals surface area contributed by atoms with Crippen LogP contribution in [0.5, 0.6) is 0 Å². The zero-order chi connectivity index (χ0) is 13.3. The van der Waals surface area contributed by atoms with Crippen LogP contribution in [0.25, 0.3) is 0 Å². The van der Waals surface area contributed by atoms with E-state index in [1.165, 1.54) is 0 Å². The van der Waals surface area contributed by atoms with E-state index in [-0.39, 0.29) is 18.4 Å². The number of carboxylic acid groups (broad SMARTS) is 1. The maximum Gasteiger partial charge on any atom is 0.326 e. The Morgan fingerprint density at radius 1 is 1.29 bits per heavy atom. The van der Waals surface area contributed by atoms with Crippen LogP contribution in [-0.4, -0.2) is 36.2 Å². The van der Waals surface area contributed by atoms with Gasteiger partial charge in [-0.15, -0.1) is 0 Å². The second-order valence-corrected chi connectivity index (χ2v) is 4.39. The van der Waals surface area contributed by atoms with Gasteiger partial charge in [0.15, 0.2) is 0 Å². The SMILES string of the molecule is CCCCCOCC(=O)NC(C(=O)O)C(C)C. The molecule has 0 aromatic rings. The van der Waals surface area contributed by atoms with E-state index in [1.54, 1.807) is 13.8 Å². The van der Waals surface area contributed by atoms with Gasteiger partial charge in [-0.3, -0.25) is 4.79 Å². The van der Waals surface area contributed by atoms with Crippen LogP contribution in [0.1, 0.15) is 40.0 Å². The lowest BCUT2D eigenvalue weighted by atomic mass is 10.1. The Morgan fingerprint density at radius 2 is 1.94 bits per heavy atom. The third-order valence-corrected chi connectivity index (χ3v) is 2.37. The van der Waals surface area contributed by atoms with Crippen molar-refractivity contribution in [3.05, 3.63) is 0 Å². The molecule has 1 unspecified atom stereocenters. The molecule has 5 nitrogen and oxygen atoms in total. The van der Waals surface area contributed by atoms with Gasteiger partial charge >= 0.3 is 5.97 Å². The molecule has 0 radical (unpaired) electrons. The minimum absolute atomic E-state index is 0.0692. The number of hydrogen-bond donors (Lipinski definition) is 2. The van der Waals surface area contributed by atoms with Crippen molar-refractivity contribution in [1.29, 1.82) is 0 Å². The number of amides is 1. The van der Waals surface area contributed by atoms with Gasteiger partial charge in [-0.05, 0) is 12.3 Å². The van der Waals surface area contributed by atoms with Gasteiger partial charge in [0, 0.05) is 6.61 Å². The van der Waals surface area contributed by atoms with Gasteiger partial charge in [-0.2, -0.15) is 0 Å². The molecule has 0 fully saturated rings. The Labute approximate surface area is 103 Å². The highest BCUT2D eigenvalue weighted by molar-refractivity contribution is 5.84. The Bertz CT molecular complexity index is 241. The molecule has 0 aliphatic rings. The number of unbranched alkanes of at least 4 members (excludes halogenated alkanes) is 2. The summed E-state index contributed by atoms with van der Waals surface area (Å²) in [6.07, 6.45) is 3.10. The summed E-state index contributed by atoms with van der Waals surface area (Å²) < 4.78 is 5.15. The van der Waals surface area contributed by atoms with Gasteiger partial charge in [0.25, 0.3) is 0 Å². The molecule has 0 aromatic carbocycles. The quantitative estimate of drug-likeness (QED) is 0.602. The maximum absolute atomic E-state index is 11.4. The predicted molar refractivity (Wildman–Crippen MR) is 64.7 cm³/mol. The monoisotopic (exact) mass is 245 g/mol. The Hall–Kier alpha value is -1.10. The summed E-state index contributed by atoms with van der Waals surface area (Å²) in [4.78, 5) is 22.2. The number of carbonyl (C=O) groups excluding carboxylic acids is 1. The lowest BCUT2D eigenvalue weighted by molar-refractivity contribution is -0.143. The van der Waals surface area contributed by atoms with E-state index in [0.717, 1.165) is 19.3 Å². The molecule has 0 aliphatic carbocycles. The zero-order valence-electron chi connectivity index (χ0n) is 10.9. The fourth-order valence-electron chi connectivity index (χ4n) is 1.35. The van der Waals surface area contributed by atoms with Crippen molar-refractivity contribution in [2.24, 2.45) is 5.92 Å². The molecule has 1 atom stereocenters. The molecule has 1 amide bonds. The molecule has 2 N–H and O–H groups in total. The van der Waals surface area contributed by atoms with E-state index in [0.29, 0.717) is 6.61 Å². The van der Waals surface area contributed by atoms with Gasteiger partial charge in [-0.25, -0.2) is 4.79 Å². The van der Waals surface area contributed by atoms with E-state index in [9.17, 15) is 9.59 Å². The highest BCUT2D eigenvalue weighted by Crippen LogP contribution is 2.01. The van der Waals surface area contributed by atoms with E-state index in [1.807, 2.05) is 0 Å². The lowest BCUT2D eigenvalue weighted by Gasteiger charge is -2.17. The van der Waals surface area contributed by atoms with Crippen LogP contribution in [0.2, 0.25) is 0 Å². The van der Waals surface area contributed by atoms with Crippen LogP contribution in [-0.2, 0) is 14.3 Å². The second kappa shape index (κ2) is 8.98. The van der Waals surface area contributed by atoms with E-state index in [4.69, 9.17) is 9.84 Å². The molecule has 0 aliphatic heterocycles. The van der Waals surface area contributed by atoms with Crippen LogP contribution in [0.4, 0.5) is 0 Å². The number of carbonyl (C=O) groups is 2. The van der Waals surface area contributed by atoms with Crippen molar-refractivity contribution < 1.29 is 19.4 Å². The normalized spacial score (nSPS) is 12.5. The number of hydrogen-bond acceptors (Lipinski definition) is 3. The molecular weight excluding hydrogens is 222 g/mol. The van der Waals surface area contributed by atoms with E-state index in [2.05, 4.69) is 12.2 Å². The van der Waals surface area contributed by atoms with E-state index >= 15 is 0 Å². The van der Waals surface area contributed by atoms with Crippen molar-refractivity contribution >= 4 is 11.9 Å². The largest absolute Gasteiger partial charge is 0.480 e. The summed E-state index contributed by atoms with van der Waals surface area (Å²) in [7, 11) is 0. The number of rotatable bonds is 9. The molecule has 0 rings (SSSR count). The van der Waals surface area contributed by atoms with Crippen LogP contribution in [0.15, 0.2) is 0 Å². The Balaban J connectivity index is 3.80. The molecule has 0 bridgehead atoms. The van der Waals surface area contributed by atoms with Crippen molar-refractivity contribution in [3.8, 4) is 0 Å². The first-order chi connectivity index (χ1) is 7.99. The van der Waals surface area contributed by atoms with E-state index < -0.39 is 12.0 Å². The molecule has 0 aromatic heterocycles. The van der Waals surface area contributed by atoms with Gasteiger partial charge in [0.2, 0.25) is 5.91 Å². The van der Waals surface area contributed by atoms with Crippen LogP contribution < -0.4 is 5.32 Å². The first-order valence-electron chi connectivity index (χ1n) is 6.09. The fraction of sp³-hybridized carbons (Fsp3) is 0.833. The average Bonchev–Trinajstić information content (AvgIpc) is 2.24. The summed E-state index contributed by atoms with van der Waals surface area (Å²) in [5.41, 5.74) is 0. The smallest absolute Gasteiger partial charge is 0.326 e. The maximum atomic E-state index is 11.4. The third kappa shape index (κ3) is 7.74. The molecule has 5 heteroatoms. The van der Waals surface area contributed by atoms with Crippen LogP contribution >= 0.6 is 0 Å². The summed E-state index contributed by atoms with van der Waals surface area (Å²) in [6.45, 7) is 6.07. The standard InChI is InChI=1S/C12H23NO4/c1-4-5-6-7-17-8-10(14)13-11(9(2)3)12(15)16/h9,11H,4-8H2,1-3H3,(H,13,14)(H,15,16). The fourth-order valence-corrected chi connectivity index (χ4v) is 1.35. The number of carboxylic acids is 1. The van der Waals surface area contributed by atoms with Gasteiger partial charge in [0.1, 0.15) is 12.6 Å². The summed E-state index contributed by atoms with van der Waals surface area (Å²) in [5.74, 6) is -1.53. The van der Waals surface area contributed by atoms with Crippen molar-refractivity contribution in [3.63, 3.8) is 0 Å². The molecule has 0 heterocycles. The highest BCUT2D eigenvalue weighted by Gasteiger charge is 2.23. The molecule has 17 heavy (non-hydrogen) atoms. The van der Waals surface area contributed by atoms with Gasteiger partial charge in [0.05, 0.1) is 0 Å². The third-order valence-electron chi connectivity index (χ3n) is 2.37. The topological polar surface area (TPSA) is 75.6 Å². The second-order valence-electron chi connectivity index (χ2n) is 4.39. The number of nitrogens with one attached hydrogen (secondary N) is 1. The zero-order valence-corrected chi connectivity index (χ0v) is 10.9. The Kier molecular flexibility index (Phi) is 8.40. The van der Waals surface area contributed by atoms with Gasteiger partial charge in [-0.1, -0.05) is 33.6 Å². The van der Waals surface area contributed by atoms with Crippen molar-refractivity contribution in [1.82, 2.24) is 5.32 Å². The molecular formula is C12H23NO4. The minimum atomic E-state index is -1.01. The van der Waals surface area contributed by atoms with Crippen molar-refractivity contribution in [2.75, 3.05) is 13.2 Å². The van der Waals surface area contributed by atoms with Crippen LogP contribution in [0.3, 0.4) is 0 Å². The molecule has 0 saturated heterocycles.